The van der Waals surface area contributed by atoms with Gasteiger partial charge in [-0.05, 0) is 157 Å². The largest absolute Gasteiger partial charge is 0.456 e. The second-order valence-electron chi connectivity index (χ2n) is 22.7. The van der Waals surface area contributed by atoms with Crippen LogP contribution in [0.4, 0.5) is 17.2 Å². The van der Waals surface area contributed by atoms with Crippen molar-refractivity contribution in [2.75, 3.05) is 4.90 Å². The molecule has 0 saturated heterocycles. The van der Waals surface area contributed by atoms with Gasteiger partial charge in [0.25, 0.3) is 0 Å². The van der Waals surface area contributed by atoms with Crippen LogP contribution in [0.2, 0.25) is 0 Å². The molecule has 0 bridgehead atoms. The normalized spacial score (nSPS) is 16.5. The van der Waals surface area contributed by atoms with Gasteiger partial charge >= 0.3 is 0 Å². The summed E-state index contributed by atoms with van der Waals surface area (Å²) in [6.07, 6.45) is 1.93. The summed E-state index contributed by atoms with van der Waals surface area (Å²) in [6, 6.07) is 54.2. The molecule has 0 aliphatic heterocycles. The van der Waals surface area contributed by atoms with E-state index in [2.05, 4.69) is 207 Å². The van der Waals surface area contributed by atoms with Crippen LogP contribution in [0, 0.1) is 6.92 Å². The van der Waals surface area contributed by atoms with Crippen molar-refractivity contribution in [3.05, 3.63) is 202 Å². The first-order valence-electron chi connectivity index (χ1n) is 24.9. The summed E-state index contributed by atoms with van der Waals surface area (Å²) >= 11 is 0. The molecule has 4 aliphatic rings. The van der Waals surface area contributed by atoms with Crippen LogP contribution in [0.3, 0.4) is 0 Å². The van der Waals surface area contributed by atoms with Gasteiger partial charge in [-0.15, -0.1) is 0 Å². The van der Waals surface area contributed by atoms with Crippen molar-refractivity contribution in [2.24, 2.45) is 0 Å². The second-order valence-corrected chi connectivity index (χ2v) is 22.7. The van der Waals surface area contributed by atoms with E-state index >= 15 is 0 Å². The van der Waals surface area contributed by atoms with Crippen LogP contribution in [0.5, 0.6) is 0 Å². The zero-order valence-electron chi connectivity index (χ0n) is 41.1. The summed E-state index contributed by atoms with van der Waals surface area (Å²) in [5, 5.41) is 4.78. The van der Waals surface area contributed by atoms with Gasteiger partial charge in [0, 0.05) is 66.3 Å². The predicted octanol–water partition coefficient (Wildman–Crippen LogP) is 17.9. The lowest BCUT2D eigenvalue weighted by Gasteiger charge is -2.32. The van der Waals surface area contributed by atoms with Gasteiger partial charge in [-0.1, -0.05) is 140 Å². The first-order chi connectivity index (χ1) is 33.7. The van der Waals surface area contributed by atoms with Gasteiger partial charge < -0.3 is 8.83 Å². The summed E-state index contributed by atoms with van der Waals surface area (Å²) in [5.74, 6) is 0.929. The number of aromatic nitrogens is 1. The molecular weight excluding hydrogens is 853 g/mol. The molecule has 15 rings (SSSR count). The van der Waals surface area contributed by atoms with Crippen LogP contribution in [0.15, 0.2) is 161 Å². The Kier molecular flexibility index (Phi) is 7.43. The molecule has 8 aromatic carbocycles. The van der Waals surface area contributed by atoms with Crippen LogP contribution >= 0.6 is 0 Å². The summed E-state index contributed by atoms with van der Waals surface area (Å²) < 4.78 is 13.4. The van der Waals surface area contributed by atoms with Crippen LogP contribution in [0.1, 0.15) is 105 Å². The number of pyridine rings is 1. The lowest BCUT2D eigenvalue weighted by molar-refractivity contribution is 0.600. The Hall–Kier alpha value is -7.69. The van der Waals surface area contributed by atoms with Gasteiger partial charge in [0.1, 0.15) is 28.1 Å². The van der Waals surface area contributed by atoms with Gasteiger partial charge in [-0.25, -0.2) is 4.98 Å². The Morgan fingerprint density at radius 2 is 0.971 bits per heavy atom. The number of fused-ring (bicyclic) bond motifs is 22. The van der Waals surface area contributed by atoms with Crippen molar-refractivity contribution in [3.63, 3.8) is 0 Å². The van der Waals surface area contributed by atoms with Crippen LogP contribution < -0.4 is 4.90 Å². The monoisotopic (exact) mass is 904 g/mol. The summed E-state index contributed by atoms with van der Waals surface area (Å²) in [6.45, 7) is 21.5. The quantitative estimate of drug-likeness (QED) is 0.177. The minimum absolute atomic E-state index is 0.177. The maximum atomic E-state index is 6.98. The zero-order chi connectivity index (χ0) is 47.5. The first kappa shape index (κ1) is 40.2. The maximum absolute atomic E-state index is 6.98. The number of hydrogen-bond acceptors (Lipinski definition) is 4. The van der Waals surface area contributed by atoms with E-state index in [9.17, 15) is 0 Å². The van der Waals surface area contributed by atoms with Crippen LogP contribution in [-0.4, -0.2) is 4.98 Å². The molecule has 3 heterocycles. The topological polar surface area (TPSA) is 42.4 Å². The highest BCUT2D eigenvalue weighted by Crippen LogP contribution is 2.64. The third-order valence-electron chi connectivity index (χ3n) is 17.6. The third kappa shape index (κ3) is 4.75. The van der Waals surface area contributed by atoms with E-state index in [0.717, 1.165) is 45.1 Å². The summed E-state index contributed by atoms with van der Waals surface area (Å²) in [4.78, 5) is 7.56. The van der Waals surface area contributed by atoms with Crippen molar-refractivity contribution in [2.45, 2.75) is 84.0 Å². The van der Waals surface area contributed by atoms with Gasteiger partial charge in [-0.3, -0.25) is 4.90 Å². The fraction of sp³-hybridized carbons (Fsp3) is 0.197. The number of benzene rings is 8. The Morgan fingerprint density at radius 3 is 1.73 bits per heavy atom. The molecule has 0 unspecified atom stereocenters. The summed E-state index contributed by atoms with van der Waals surface area (Å²) in [7, 11) is 0. The highest BCUT2D eigenvalue weighted by Gasteiger charge is 2.49. The number of furan rings is 2. The van der Waals surface area contributed by atoms with E-state index in [1.165, 1.54) is 111 Å². The maximum Gasteiger partial charge on any atom is 0.144 e. The van der Waals surface area contributed by atoms with Crippen molar-refractivity contribution in [3.8, 4) is 44.5 Å². The van der Waals surface area contributed by atoms with Gasteiger partial charge in [-0.2, -0.15) is 0 Å². The average Bonchev–Trinajstić information content (AvgIpc) is 4.14. The molecule has 0 saturated carbocycles. The smallest absolute Gasteiger partial charge is 0.144 e. The van der Waals surface area contributed by atoms with Gasteiger partial charge in [0.05, 0.1) is 0 Å². The van der Waals surface area contributed by atoms with Crippen molar-refractivity contribution >= 4 is 61.1 Å². The minimum Gasteiger partial charge on any atom is -0.456 e. The lowest BCUT2D eigenvalue weighted by Crippen LogP contribution is -2.24. The molecule has 0 atom stereocenters. The number of rotatable bonds is 3. The molecule has 70 heavy (non-hydrogen) atoms. The SMILES string of the molecule is Cc1cccnc1N(c1ccc2c(c1)C(C)(C)c1cc3c(cc1-2)C(C)(C)c1ccc2oc4ccccc4c2c1-3)c1ccc2c(c1)C(C)(C)c1c3c(c4oc5ccccc5c4c1-2)-c1ccccc1C3(C)C. The molecule has 4 nitrogen and oxygen atoms in total. The van der Waals surface area contributed by atoms with E-state index in [1.54, 1.807) is 0 Å². The average molecular weight is 905 g/mol. The Balaban J connectivity index is 0.916. The van der Waals surface area contributed by atoms with E-state index in [1.807, 2.05) is 12.3 Å². The zero-order valence-corrected chi connectivity index (χ0v) is 41.1. The number of para-hydroxylation sites is 2. The number of anilines is 3. The van der Waals surface area contributed by atoms with E-state index in [0.29, 0.717) is 0 Å². The first-order valence-corrected chi connectivity index (χ1v) is 24.9. The van der Waals surface area contributed by atoms with Crippen molar-refractivity contribution in [1.29, 1.82) is 0 Å². The number of aryl methyl sites for hydroxylation is 1. The van der Waals surface area contributed by atoms with Crippen molar-refractivity contribution in [1.82, 2.24) is 4.98 Å². The van der Waals surface area contributed by atoms with Gasteiger partial charge in [0.15, 0.2) is 0 Å². The van der Waals surface area contributed by atoms with Crippen molar-refractivity contribution < 1.29 is 8.83 Å². The minimum atomic E-state index is -0.329. The van der Waals surface area contributed by atoms with E-state index in [4.69, 9.17) is 13.8 Å². The standard InChI is InChI=1S/C66H52N2O2/c1-35-17-16-30-67-62(35)68(36-24-26-38-43-33-50-44(34-49(43)64(4,5)47(38)31-36)54-46(63(50,2)3)28-29-53-55(54)41-19-11-14-22-51(41)69-53)37-25-27-40-48(32-37)66(8,9)59-56(40)57-42-20-12-15-23-52(42)70-61(57)58-39-18-10-13-21-45(39)65(6,7)60(58)59/h10-34H,1-9H3. The molecule has 4 aliphatic carbocycles. The highest BCUT2D eigenvalue weighted by molar-refractivity contribution is 6.21. The molecule has 11 aromatic rings. The number of hydrogen-bond donors (Lipinski definition) is 0. The molecule has 4 heteroatoms. The molecule has 338 valence electrons. The number of nitrogens with zero attached hydrogens (tertiary/aromatic N) is 2. The fourth-order valence-corrected chi connectivity index (χ4v) is 14.2. The molecule has 3 aromatic heterocycles. The molecule has 0 N–H and O–H groups in total. The highest BCUT2D eigenvalue weighted by atomic mass is 16.3. The van der Waals surface area contributed by atoms with Crippen LogP contribution in [-0.2, 0) is 21.7 Å². The fourth-order valence-electron chi connectivity index (χ4n) is 14.2. The summed E-state index contributed by atoms with van der Waals surface area (Å²) in [5.41, 5.74) is 27.4. The van der Waals surface area contributed by atoms with Crippen LogP contribution in [0.25, 0.3) is 88.4 Å². The lowest BCUT2D eigenvalue weighted by atomic mass is 9.72. The Labute approximate surface area is 408 Å². The molecule has 0 fully saturated rings. The predicted molar refractivity (Wildman–Crippen MR) is 288 cm³/mol. The molecule has 0 spiro atoms. The van der Waals surface area contributed by atoms with E-state index in [-0.39, 0.29) is 21.7 Å². The second kappa shape index (κ2) is 12.9. The Bertz CT molecular complexity index is 4210. The molecule has 0 amide bonds. The molecular formula is C66H52N2O2. The Morgan fingerprint density at radius 1 is 0.400 bits per heavy atom. The van der Waals surface area contributed by atoms with Gasteiger partial charge in [0.2, 0.25) is 0 Å². The molecule has 0 radical (unpaired) electrons. The third-order valence-corrected chi connectivity index (χ3v) is 17.6. The van der Waals surface area contributed by atoms with E-state index < -0.39 is 0 Å².